The zero-order chi connectivity index (χ0) is 14.5. The molecule has 0 atom stereocenters. The molecule has 0 aliphatic rings. The van der Waals surface area contributed by atoms with Crippen LogP contribution in [0.4, 0.5) is 10.1 Å². The number of nitrogen functional groups attached to an aromatic ring is 1. The van der Waals surface area contributed by atoms with Gasteiger partial charge in [-0.1, -0.05) is 31.2 Å². The van der Waals surface area contributed by atoms with Crippen LogP contribution in [-0.2, 0) is 13.0 Å². The molecule has 2 aromatic rings. The van der Waals surface area contributed by atoms with Gasteiger partial charge in [0.05, 0.1) is 0 Å². The van der Waals surface area contributed by atoms with E-state index in [2.05, 4.69) is 12.2 Å². The van der Waals surface area contributed by atoms with Gasteiger partial charge in [0, 0.05) is 17.8 Å². The lowest BCUT2D eigenvalue weighted by Gasteiger charge is -2.07. The molecule has 0 aliphatic carbocycles. The Balaban J connectivity index is 2.00. The molecule has 0 unspecified atom stereocenters. The highest BCUT2D eigenvalue weighted by molar-refractivity contribution is 5.95. The maximum atomic E-state index is 13.2. The second kappa shape index (κ2) is 6.19. The van der Waals surface area contributed by atoms with Gasteiger partial charge >= 0.3 is 0 Å². The largest absolute Gasteiger partial charge is 0.399 e. The van der Waals surface area contributed by atoms with Crippen molar-refractivity contribution in [2.75, 3.05) is 5.73 Å². The Morgan fingerprint density at radius 1 is 1.15 bits per heavy atom. The molecule has 0 aliphatic heterocycles. The van der Waals surface area contributed by atoms with Gasteiger partial charge in [-0.2, -0.15) is 0 Å². The first-order valence-corrected chi connectivity index (χ1v) is 6.50. The van der Waals surface area contributed by atoms with Crippen LogP contribution >= 0.6 is 0 Å². The molecule has 104 valence electrons. The van der Waals surface area contributed by atoms with E-state index in [0.717, 1.165) is 12.0 Å². The van der Waals surface area contributed by atoms with Gasteiger partial charge in [0.2, 0.25) is 0 Å². The normalized spacial score (nSPS) is 10.3. The second-order valence-corrected chi connectivity index (χ2v) is 4.63. The summed E-state index contributed by atoms with van der Waals surface area (Å²) in [6.45, 7) is 2.49. The number of carbonyl (C=O) groups excluding carboxylic acids is 1. The Morgan fingerprint density at radius 3 is 2.40 bits per heavy atom. The van der Waals surface area contributed by atoms with E-state index in [1.807, 2.05) is 24.3 Å². The number of anilines is 1. The van der Waals surface area contributed by atoms with Crippen molar-refractivity contribution in [3.63, 3.8) is 0 Å². The molecule has 20 heavy (non-hydrogen) atoms. The van der Waals surface area contributed by atoms with Gasteiger partial charge in [-0.3, -0.25) is 4.79 Å². The highest BCUT2D eigenvalue weighted by Crippen LogP contribution is 2.11. The average Bonchev–Trinajstić information content (AvgIpc) is 2.44. The predicted molar refractivity (Wildman–Crippen MR) is 77.8 cm³/mol. The van der Waals surface area contributed by atoms with Crippen LogP contribution < -0.4 is 11.1 Å². The third kappa shape index (κ3) is 3.57. The Morgan fingerprint density at radius 2 is 1.80 bits per heavy atom. The first kappa shape index (κ1) is 14.1. The number of nitrogens with two attached hydrogens (primary N) is 1. The van der Waals surface area contributed by atoms with Crippen LogP contribution in [0.2, 0.25) is 0 Å². The van der Waals surface area contributed by atoms with E-state index in [4.69, 9.17) is 5.73 Å². The van der Waals surface area contributed by atoms with E-state index in [1.165, 1.54) is 23.8 Å². The molecule has 0 saturated carbocycles. The number of amides is 1. The maximum Gasteiger partial charge on any atom is 0.251 e. The number of hydrogen-bond acceptors (Lipinski definition) is 2. The Kier molecular flexibility index (Phi) is 4.35. The topological polar surface area (TPSA) is 55.1 Å². The zero-order valence-electron chi connectivity index (χ0n) is 11.3. The molecule has 0 bridgehead atoms. The molecule has 3 nitrogen and oxygen atoms in total. The molecule has 0 spiro atoms. The fourth-order valence-electron chi connectivity index (χ4n) is 1.92. The van der Waals surface area contributed by atoms with Crippen molar-refractivity contribution >= 4 is 11.6 Å². The number of aryl methyl sites for hydroxylation is 1. The number of halogens is 1. The van der Waals surface area contributed by atoms with Crippen LogP contribution in [0.1, 0.15) is 28.4 Å². The van der Waals surface area contributed by atoms with E-state index in [9.17, 15) is 9.18 Å². The fourth-order valence-corrected chi connectivity index (χ4v) is 1.92. The summed E-state index contributed by atoms with van der Waals surface area (Å²) in [7, 11) is 0. The van der Waals surface area contributed by atoms with E-state index >= 15 is 0 Å². The minimum Gasteiger partial charge on any atom is -0.399 e. The summed E-state index contributed by atoms with van der Waals surface area (Å²) in [6, 6.07) is 11.8. The third-order valence-electron chi connectivity index (χ3n) is 3.07. The van der Waals surface area contributed by atoms with E-state index in [-0.39, 0.29) is 17.2 Å². The van der Waals surface area contributed by atoms with Crippen molar-refractivity contribution in [2.24, 2.45) is 0 Å². The van der Waals surface area contributed by atoms with Gasteiger partial charge < -0.3 is 11.1 Å². The minimum atomic E-state index is -0.512. The van der Waals surface area contributed by atoms with Crippen LogP contribution in [-0.4, -0.2) is 5.91 Å². The van der Waals surface area contributed by atoms with Gasteiger partial charge in [0.1, 0.15) is 5.82 Å². The summed E-state index contributed by atoms with van der Waals surface area (Å²) < 4.78 is 13.2. The molecule has 0 radical (unpaired) electrons. The van der Waals surface area contributed by atoms with Crippen molar-refractivity contribution in [3.05, 3.63) is 65.0 Å². The van der Waals surface area contributed by atoms with Crippen LogP contribution in [0.15, 0.2) is 42.5 Å². The minimum absolute atomic E-state index is 0.229. The van der Waals surface area contributed by atoms with Crippen LogP contribution in [0.5, 0.6) is 0 Å². The van der Waals surface area contributed by atoms with E-state index in [1.54, 1.807) is 0 Å². The summed E-state index contributed by atoms with van der Waals surface area (Å²) in [4.78, 5) is 11.9. The molecule has 2 aromatic carbocycles. The highest BCUT2D eigenvalue weighted by Gasteiger charge is 2.07. The zero-order valence-corrected chi connectivity index (χ0v) is 11.3. The standard InChI is InChI=1S/C16H17FN2O/c1-2-11-3-5-12(6-4-11)10-19-16(20)13-7-14(17)9-15(18)8-13/h3-9H,2,10,18H2,1H3,(H,19,20). The molecule has 0 aromatic heterocycles. The molecule has 0 heterocycles. The SMILES string of the molecule is CCc1ccc(CNC(=O)c2cc(N)cc(F)c2)cc1. The molecule has 1 amide bonds. The Labute approximate surface area is 117 Å². The van der Waals surface area contributed by atoms with Gasteiger partial charge in [-0.25, -0.2) is 4.39 Å². The molecule has 0 fully saturated rings. The summed E-state index contributed by atoms with van der Waals surface area (Å²) in [6.07, 6.45) is 0.981. The van der Waals surface area contributed by atoms with Gasteiger partial charge in [0.15, 0.2) is 0 Å². The van der Waals surface area contributed by atoms with Crippen molar-refractivity contribution < 1.29 is 9.18 Å². The Hall–Kier alpha value is -2.36. The smallest absolute Gasteiger partial charge is 0.251 e. The highest BCUT2D eigenvalue weighted by atomic mass is 19.1. The first-order chi connectivity index (χ1) is 9.58. The van der Waals surface area contributed by atoms with E-state index < -0.39 is 5.82 Å². The lowest BCUT2D eigenvalue weighted by atomic mass is 10.1. The van der Waals surface area contributed by atoms with Gasteiger partial charge in [-0.05, 0) is 35.7 Å². The lowest BCUT2D eigenvalue weighted by Crippen LogP contribution is -2.23. The Bertz CT molecular complexity index is 588. The monoisotopic (exact) mass is 272 g/mol. The third-order valence-corrected chi connectivity index (χ3v) is 3.07. The van der Waals surface area contributed by atoms with Crippen LogP contribution in [0.25, 0.3) is 0 Å². The quantitative estimate of drug-likeness (QED) is 0.841. The number of hydrogen-bond donors (Lipinski definition) is 2. The average molecular weight is 272 g/mol. The molecule has 3 N–H and O–H groups in total. The number of nitrogens with one attached hydrogen (secondary N) is 1. The van der Waals surface area contributed by atoms with E-state index in [0.29, 0.717) is 6.54 Å². The van der Waals surface area contributed by atoms with Gasteiger partial charge in [0.25, 0.3) is 5.91 Å². The van der Waals surface area contributed by atoms with Crippen molar-refractivity contribution in [1.29, 1.82) is 0 Å². The fraction of sp³-hybridized carbons (Fsp3) is 0.188. The molecule has 4 heteroatoms. The second-order valence-electron chi connectivity index (χ2n) is 4.63. The summed E-state index contributed by atoms with van der Waals surface area (Å²) >= 11 is 0. The summed E-state index contributed by atoms with van der Waals surface area (Å²) in [5, 5.41) is 2.75. The number of benzene rings is 2. The lowest BCUT2D eigenvalue weighted by molar-refractivity contribution is 0.0950. The summed E-state index contributed by atoms with van der Waals surface area (Å²) in [5.74, 6) is -0.849. The molecular weight excluding hydrogens is 255 g/mol. The van der Waals surface area contributed by atoms with Gasteiger partial charge in [-0.15, -0.1) is 0 Å². The molecular formula is C16H17FN2O. The number of rotatable bonds is 4. The summed E-state index contributed by atoms with van der Waals surface area (Å²) in [5.41, 5.74) is 8.23. The molecule has 2 rings (SSSR count). The maximum absolute atomic E-state index is 13.2. The van der Waals surface area contributed by atoms with Crippen LogP contribution in [0.3, 0.4) is 0 Å². The molecule has 0 saturated heterocycles. The number of carbonyl (C=O) groups is 1. The predicted octanol–water partition coefficient (Wildman–Crippen LogP) is 2.90. The first-order valence-electron chi connectivity index (χ1n) is 6.50. The van der Waals surface area contributed by atoms with Crippen molar-refractivity contribution in [3.8, 4) is 0 Å². The van der Waals surface area contributed by atoms with Crippen LogP contribution in [0, 0.1) is 5.82 Å². The van der Waals surface area contributed by atoms with Crippen molar-refractivity contribution in [1.82, 2.24) is 5.32 Å². The van der Waals surface area contributed by atoms with Crippen molar-refractivity contribution in [2.45, 2.75) is 19.9 Å².